The minimum absolute atomic E-state index is 0. The van der Waals surface area contributed by atoms with Gasteiger partial charge in [0.1, 0.15) is 0 Å². The Morgan fingerprint density at radius 1 is 1.45 bits per heavy atom. The molecule has 0 saturated heterocycles. The second-order valence-corrected chi connectivity index (χ2v) is 6.78. The van der Waals surface area contributed by atoms with Gasteiger partial charge in [-0.2, -0.15) is 0 Å². The molecular formula is C15H27Cl2N3OS. The van der Waals surface area contributed by atoms with Crippen LogP contribution in [0, 0.1) is 12.8 Å². The van der Waals surface area contributed by atoms with Crippen molar-refractivity contribution in [1.82, 2.24) is 15.2 Å². The molecule has 1 aliphatic carbocycles. The van der Waals surface area contributed by atoms with Gasteiger partial charge in [-0.3, -0.25) is 4.79 Å². The van der Waals surface area contributed by atoms with E-state index in [4.69, 9.17) is 0 Å². The number of halogens is 2. The van der Waals surface area contributed by atoms with Crippen molar-refractivity contribution in [2.45, 2.75) is 46.1 Å². The molecule has 2 rings (SSSR count). The standard InChI is InChI=1S/C15H25N3OS.2ClH/c1-5-13-17-10(2)15(20-13)11(3)18(4)14(19)9-16-8-12-6-7-12;;/h11-12,16H,5-9H2,1-4H3;2*1H. The number of likely N-dealkylation sites (N-methyl/N-ethyl adjacent to an activating group) is 1. The van der Waals surface area contributed by atoms with Gasteiger partial charge in [-0.1, -0.05) is 6.92 Å². The molecule has 1 saturated carbocycles. The minimum Gasteiger partial charge on any atom is -0.337 e. The largest absolute Gasteiger partial charge is 0.337 e. The van der Waals surface area contributed by atoms with Crippen molar-refractivity contribution in [2.75, 3.05) is 20.1 Å². The zero-order valence-electron chi connectivity index (χ0n) is 13.7. The molecule has 1 unspecified atom stereocenters. The average Bonchev–Trinajstić information content (AvgIpc) is 3.18. The molecule has 0 aromatic carbocycles. The maximum absolute atomic E-state index is 12.2. The lowest BCUT2D eigenvalue weighted by molar-refractivity contribution is -0.130. The summed E-state index contributed by atoms with van der Waals surface area (Å²) in [5, 5.41) is 4.41. The Balaban J connectivity index is 0.00000220. The van der Waals surface area contributed by atoms with Crippen LogP contribution in [0.25, 0.3) is 0 Å². The van der Waals surface area contributed by atoms with Crippen molar-refractivity contribution in [3.05, 3.63) is 15.6 Å². The lowest BCUT2D eigenvalue weighted by atomic mass is 10.2. The third-order valence-corrected chi connectivity index (χ3v) is 5.41. The monoisotopic (exact) mass is 367 g/mol. The van der Waals surface area contributed by atoms with Crippen molar-refractivity contribution in [3.63, 3.8) is 0 Å². The van der Waals surface area contributed by atoms with E-state index in [0.29, 0.717) is 6.54 Å². The van der Waals surface area contributed by atoms with Gasteiger partial charge in [-0.05, 0) is 45.6 Å². The maximum Gasteiger partial charge on any atom is 0.236 e. The first-order chi connectivity index (χ1) is 9.52. The van der Waals surface area contributed by atoms with E-state index in [1.54, 1.807) is 11.3 Å². The Labute approximate surface area is 149 Å². The number of aryl methyl sites for hydroxylation is 2. The fraction of sp³-hybridized carbons (Fsp3) is 0.733. The molecule has 1 heterocycles. The van der Waals surface area contributed by atoms with Crippen molar-refractivity contribution in [3.8, 4) is 0 Å². The Hall–Kier alpha value is -0.360. The highest BCUT2D eigenvalue weighted by Crippen LogP contribution is 2.29. The van der Waals surface area contributed by atoms with Crippen LogP contribution in [0.3, 0.4) is 0 Å². The number of nitrogens with one attached hydrogen (secondary N) is 1. The molecule has 1 N–H and O–H groups in total. The maximum atomic E-state index is 12.2. The van der Waals surface area contributed by atoms with E-state index < -0.39 is 0 Å². The Morgan fingerprint density at radius 3 is 2.59 bits per heavy atom. The molecule has 1 aliphatic rings. The lowest BCUT2D eigenvalue weighted by Gasteiger charge is -2.24. The summed E-state index contributed by atoms with van der Waals surface area (Å²) in [6.07, 6.45) is 3.58. The van der Waals surface area contributed by atoms with Gasteiger partial charge in [0.2, 0.25) is 5.91 Å². The van der Waals surface area contributed by atoms with E-state index in [9.17, 15) is 4.79 Å². The van der Waals surface area contributed by atoms with E-state index in [0.717, 1.165) is 29.6 Å². The molecule has 0 aliphatic heterocycles. The first-order valence-corrected chi connectivity index (χ1v) is 8.27. The summed E-state index contributed by atoms with van der Waals surface area (Å²) in [6, 6.07) is 0.100. The predicted octanol–water partition coefficient (Wildman–Crippen LogP) is 3.38. The molecule has 1 aromatic heterocycles. The Morgan fingerprint density at radius 2 is 2.09 bits per heavy atom. The van der Waals surface area contributed by atoms with Gasteiger partial charge in [-0.15, -0.1) is 36.2 Å². The minimum atomic E-state index is 0. The fourth-order valence-electron chi connectivity index (χ4n) is 2.23. The molecule has 22 heavy (non-hydrogen) atoms. The number of nitrogens with zero attached hydrogens (tertiary/aromatic N) is 2. The van der Waals surface area contributed by atoms with Gasteiger partial charge >= 0.3 is 0 Å². The molecule has 0 radical (unpaired) electrons. The predicted molar refractivity (Wildman–Crippen MR) is 97.5 cm³/mol. The van der Waals surface area contributed by atoms with Crippen LogP contribution in [0.15, 0.2) is 0 Å². The van der Waals surface area contributed by atoms with Crippen LogP contribution >= 0.6 is 36.2 Å². The van der Waals surface area contributed by atoms with E-state index in [2.05, 4.69) is 24.1 Å². The molecule has 128 valence electrons. The number of thiazole rings is 1. The Bertz CT molecular complexity index is 477. The highest BCUT2D eigenvalue weighted by molar-refractivity contribution is 7.11. The lowest BCUT2D eigenvalue weighted by Crippen LogP contribution is -2.37. The van der Waals surface area contributed by atoms with Crippen LogP contribution in [-0.2, 0) is 11.2 Å². The van der Waals surface area contributed by atoms with E-state index in [-0.39, 0.29) is 36.8 Å². The number of hydrogen-bond acceptors (Lipinski definition) is 4. The molecular weight excluding hydrogens is 341 g/mol. The van der Waals surface area contributed by atoms with Crippen LogP contribution in [0.5, 0.6) is 0 Å². The topological polar surface area (TPSA) is 45.2 Å². The Kier molecular flexibility index (Phi) is 9.55. The number of carbonyl (C=O) groups excluding carboxylic acids is 1. The third-order valence-electron chi connectivity index (χ3n) is 3.94. The van der Waals surface area contributed by atoms with Crippen LogP contribution in [-0.4, -0.2) is 35.9 Å². The van der Waals surface area contributed by atoms with Gasteiger partial charge in [0.15, 0.2) is 0 Å². The number of carbonyl (C=O) groups is 1. The zero-order chi connectivity index (χ0) is 14.7. The van der Waals surface area contributed by atoms with E-state index >= 15 is 0 Å². The number of aromatic nitrogens is 1. The SMILES string of the molecule is CCc1nc(C)c(C(C)N(C)C(=O)CNCC2CC2)s1.Cl.Cl. The third kappa shape index (κ3) is 5.69. The zero-order valence-corrected chi connectivity index (χ0v) is 16.2. The van der Waals surface area contributed by atoms with Gasteiger partial charge in [0, 0.05) is 11.9 Å². The number of amides is 1. The quantitative estimate of drug-likeness (QED) is 0.803. The molecule has 0 spiro atoms. The molecule has 0 bridgehead atoms. The summed E-state index contributed by atoms with van der Waals surface area (Å²) in [4.78, 5) is 19.8. The van der Waals surface area contributed by atoms with Crippen molar-refractivity contribution >= 4 is 42.1 Å². The second-order valence-electron chi connectivity index (χ2n) is 5.67. The smallest absolute Gasteiger partial charge is 0.236 e. The highest BCUT2D eigenvalue weighted by Gasteiger charge is 2.23. The molecule has 1 fully saturated rings. The number of rotatable bonds is 7. The van der Waals surface area contributed by atoms with Gasteiger partial charge < -0.3 is 10.2 Å². The van der Waals surface area contributed by atoms with Gasteiger partial charge in [-0.25, -0.2) is 4.98 Å². The summed E-state index contributed by atoms with van der Waals surface area (Å²) in [6.45, 7) is 7.65. The molecule has 1 amide bonds. The summed E-state index contributed by atoms with van der Waals surface area (Å²) in [5.41, 5.74) is 1.06. The van der Waals surface area contributed by atoms with E-state index in [1.165, 1.54) is 17.7 Å². The second kappa shape index (κ2) is 9.71. The summed E-state index contributed by atoms with van der Waals surface area (Å²) >= 11 is 1.73. The van der Waals surface area contributed by atoms with Crippen LogP contribution in [0.2, 0.25) is 0 Å². The molecule has 1 atom stereocenters. The summed E-state index contributed by atoms with van der Waals surface area (Å²) in [5.74, 6) is 0.963. The van der Waals surface area contributed by atoms with Crippen LogP contribution in [0.4, 0.5) is 0 Å². The molecule has 7 heteroatoms. The van der Waals surface area contributed by atoms with Crippen molar-refractivity contribution in [1.29, 1.82) is 0 Å². The molecule has 4 nitrogen and oxygen atoms in total. The summed E-state index contributed by atoms with van der Waals surface area (Å²) < 4.78 is 0. The highest BCUT2D eigenvalue weighted by atomic mass is 35.5. The number of hydrogen-bond donors (Lipinski definition) is 1. The van der Waals surface area contributed by atoms with Crippen LogP contribution < -0.4 is 5.32 Å². The fourth-order valence-corrected chi connectivity index (χ4v) is 3.33. The molecule has 1 aromatic rings. The first-order valence-electron chi connectivity index (χ1n) is 7.45. The van der Waals surface area contributed by atoms with Crippen molar-refractivity contribution in [2.24, 2.45) is 5.92 Å². The van der Waals surface area contributed by atoms with E-state index in [1.807, 2.05) is 18.9 Å². The van der Waals surface area contributed by atoms with Gasteiger partial charge in [0.25, 0.3) is 0 Å². The van der Waals surface area contributed by atoms with Crippen molar-refractivity contribution < 1.29 is 4.79 Å². The first kappa shape index (κ1) is 21.6. The van der Waals surface area contributed by atoms with Crippen LogP contribution in [0.1, 0.15) is 48.3 Å². The van der Waals surface area contributed by atoms with Gasteiger partial charge in [0.05, 0.1) is 23.3 Å². The normalized spacial score (nSPS) is 14.7. The summed E-state index contributed by atoms with van der Waals surface area (Å²) in [7, 11) is 1.89. The average molecular weight is 368 g/mol.